The van der Waals surface area contributed by atoms with E-state index in [4.69, 9.17) is 15.2 Å². The summed E-state index contributed by atoms with van der Waals surface area (Å²) in [5, 5.41) is 3.15. The monoisotopic (exact) mass is 321 g/mol. The van der Waals surface area contributed by atoms with Gasteiger partial charge in [-0.1, -0.05) is 0 Å². The Kier molecular flexibility index (Phi) is 3.47. The van der Waals surface area contributed by atoms with Crippen molar-refractivity contribution in [2.75, 3.05) is 24.2 Å². The van der Waals surface area contributed by atoms with Crippen LogP contribution in [0.1, 0.15) is 39.4 Å². The molecule has 2 bridgehead atoms. The van der Waals surface area contributed by atoms with E-state index in [2.05, 4.69) is 20.3 Å². The molecule has 0 spiro atoms. The van der Waals surface area contributed by atoms with E-state index in [0.717, 1.165) is 0 Å². The fourth-order valence-electron chi connectivity index (χ4n) is 3.83. The van der Waals surface area contributed by atoms with E-state index in [0.29, 0.717) is 37.8 Å². The Morgan fingerprint density at radius 1 is 1.35 bits per heavy atom. The van der Waals surface area contributed by atoms with Gasteiger partial charge in [-0.15, -0.1) is 0 Å². The highest BCUT2D eigenvalue weighted by Gasteiger charge is 2.75. The van der Waals surface area contributed by atoms with E-state index in [1.54, 1.807) is 6.92 Å². The third-order valence-corrected chi connectivity index (χ3v) is 4.87. The number of aryl methyl sites for hydroxylation is 1. The molecule has 3 heterocycles. The van der Waals surface area contributed by atoms with Crippen LogP contribution in [-0.2, 0) is 14.3 Å². The number of nitrogens with one attached hydrogen (secondary N) is 1. The molecule has 3 fully saturated rings. The lowest BCUT2D eigenvalue weighted by Crippen LogP contribution is -2.55. The Morgan fingerprint density at radius 2 is 2.04 bits per heavy atom. The number of carbonyl (C=O) groups is 1. The number of anilines is 2. The molecule has 3 aliphatic rings. The van der Waals surface area contributed by atoms with Gasteiger partial charge in [0.25, 0.3) is 0 Å². The quantitative estimate of drug-likeness (QED) is 0.774. The van der Waals surface area contributed by atoms with Crippen molar-refractivity contribution in [1.82, 2.24) is 15.0 Å². The van der Waals surface area contributed by atoms with Crippen LogP contribution in [0.5, 0.6) is 0 Å². The van der Waals surface area contributed by atoms with Gasteiger partial charge >= 0.3 is 5.97 Å². The normalized spacial score (nSPS) is 30.6. The van der Waals surface area contributed by atoms with Crippen molar-refractivity contribution in [3.05, 3.63) is 5.82 Å². The number of hydrogen-bond donors (Lipinski definition) is 2. The third-order valence-electron chi connectivity index (χ3n) is 4.87. The minimum Gasteiger partial charge on any atom is -0.465 e. The first-order chi connectivity index (χ1) is 10.7. The number of fused-ring (bicyclic) bond motifs is 1. The number of aromatic nitrogens is 3. The van der Waals surface area contributed by atoms with E-state index < -0.39 is 16.6 Å². The lowest BCUT2D eigenvalue weighted by atomic mass is 9.56. The highest BCUT2D eigenvalue weighted by molar-refractivity contribution is 5.81. The first-order valence-electron chi connectivity index (χ1n) is 7.81. The van der Waals surface area contributed by atoms with Gasteiger partial charge in [-0.25, -0.2) is 0 Å². The van der Waals surface area contributed by atoms with E-state index in [1.807, 2.05) is 20.8 Å². The molecule has 4 rings (SSSR count). The molecule has 1 aromatic rings. The van der Waals surface area contributed by atoms with Crippen LogP contribution in [0.2, 0.25) is 0 Å². The van der Waals surface area contributed by atoms with Crippen LogP contribution in [0, 0.1) is 12.3 Å². The maximum Gasteiger partial charge on any atom is 0.315 e. The van der Waals surface area contributed by atoms with Gasteiger partial charge in [0.15, 0.2) is 0 Å². The summed E-state index contributed by atoms with van der Waals surface area (Å²) >= 11 is 0. The van der Waals surface area contributed by atoms with Gasteiger partial charge in [-0.05, 0) is 40.5 Å². The van der Waals surface area contributed by atoms with Gasteiger partial charge in [0.1, 0.15) is 11.2 Å². The first-order valence-corrected chi connectivity index (χ1v) is 7.81. The molecule has 8 heteroatoms. The van der Waals surface area contributed by atoms with Crippen LogP contribution in [0.4, 0.5) is 11.9 Å². The average Bonchev–Trinajstić information content (AvgIpc) is 2.76. The number of nitrogen functional groups attached to an aromatic ring is 1. The predicted molar refractivity (Wildman–Crippen MR) is 83.7 cm³/mol. The molecule has 23 heavy (non-hydrogen) atoms. The number of carbonyl (C=O) groups excluding carboxylic acids is 1. The summed E-state index contributed by atoms with van der Waals surface area (Å²) in [6, 6.07) is 0. The third kappa shape index (κ3) is 2.41. The van der Waals surface area contributed by atoms with Gasteiger partial charge in [-0.2, -0.15) is 15.0 Å². The molecule has 0 amide bonds. The fourth-order valence-corrected chi connectivity index (χ4v) is 3.83. The molecule has 0 unspecified atom stereocenters. The zero-order valence-corrected chi connectivity index (χ0v) is 14.0. The number of nitrogens with two attached hydrogens (primary N) is 1. The summed E-state index contributed by atoms with van der Waals surface area (Å²) in [5.74, 6) is 0.990. The number of ether oxygens (including phenoxy) is 2. The van der Waals surface area contributed by atoms with Crippen LogP contribution < -0.4 is 11.1 Å². The fraction of sp³-hybridized carbons (Fsp3) is 0.733. The molecule has 1 aliphatic carbocycles. The van der Waals surface area contributed by atoms with E-state index in [1.165, 1.54) is 0 Å². The van der Waals surface area contributed by atoms with Crippen molar-refractivity contribution in [2.45, 2.75) is 51.7 Å². The summed E-state index contributed by atoms with van der Waals surface area (Å²) in [7, 11) is 0. The molecule has 1 aromatic heterocycles. The summed E-state index contributed by atoms with van der Waals surface area (Å²) < 4.78 is 11.5. The molecule has 8 nitrogen and oxygen atoms in total. The number of esters is 1. The summed E-state index contributed by atoms with van der Waals surface area (Å²) in [6.07, 6.45) is 1.27. The Labute approximate surface area is 135 Å². The van der Waals surface area contributed by atoms with Crippen LogP contribution in [0.3, 0.4) is 0 Å². The van der Waals surface area contributed by atoms with Crippen molar-refractivity contribution in [2.24, 2.45) is 5.41 Å². The number of rotatable bonds is 5. The molecule has 0 aromatic carbocycles. The minimum absolute atomic E-state index is 0.168. The Balaban J connectivity index is 1.71. The van der Waals surface area contributed by atoms with Crippen LogP contribution in [0.25, 0.3) is 0 Å². The molecular formula is C15H23N5O3. The topological polar surface area (TPSA) is 112 Å². The van der Waals surface area contributed by atoms with Crippen molar-refractivity contribution in [1.29, 1.82) is 0 Å². The smallest absolute Gasteiger partial charge is 0.315 e. The second-order valence-electron chi connectivity index (χ2n) is 6.87. The number of hydrogen-bond acceptors (Lipinski definition) is 8. The van der Waals surface area contributed by atoms with Crippen LogP contribution in [0.15, 0.2) is 0 Å². The highest BCUT2D eigenvalue weighted by atomic mass is 16.6. The maximum atomic E-state index is 12.4. The summed E-state index contributed by atoms with van der Waals surface area (Å²) in [5.41, 5.74) is 4.13. The summed E-state index contributed by atoms with van der Waals surface area (Å²) in [6.45, 7) is 8.36. The Morgan fingerprint density at radius 3 is 2.65 bits per heavy atom. The first kappa shape index (κ1) is 15.9. The van der Waals surface area contributed by atoms with Crippen LogP contribution >= 0.6 is 0 Å². The van der Waals surface area contributed by atoms with Crippen molar-refractivity contribution in [3.63, 3.8) is 0 Å². The lowest BCUT2D eigenvalue weighted by molar-refractivity contribution is -0.163. The van der Waals surface area contributed by atoms with Gasteiger partial charge in [0.2, 0.25) is 11.9 Å². The highest BCUT2D eigenvalue weighted by Crippen LogP contribution is 2.66. The Hall–Kier alpha value is -1.96. The van der Waals surface area contributed by atoms with Gasteiger partial charge in [0, 0.05) is 6.54 Å². The molecule has 126 valence electrons. The minimum atomic E-state index is -0.557. The SMILES string of the molecule is CCOC(=O)C12CC(CNc3nc(C)nc(N)n3)(C1)OC2(C)C. The molecule has 3 N–H and O–H groups in total. The van der Waals surface area contributed by atoms with Gasteiger partial charge in [0.05, 0.1) is 17.8 Å². The van der Waals surface area contributed by atoms with Crippen molar-refractivity contribution >= 4 is 17.9 Å². The zero-order chi connectivity index (χ0) is 16.9. The molecule has 2 saturated heterocycles. The van der Waals surface area contributed by atoms with Gasteiger partial charge in [-0.3, -0.25) is 4.79 Å². The molecule has 0 atom stereocenters. The predicted octanol–water partition coefficient (Wildman–Crippen LogP) is 1.07. The second kappa shape index (κ2) is 5.02. The molecule has 2 aliphatic heterocycles. The number of nitrogens with zero attached hydrogens (tertiary/aromatic N) is 3. The second-order valence-corrected chi connectivity index (χ2v) is 6.87. The standard InChI is InChI=1S/C15H23N5O3/c1-5-22-10(21)15-6-14(7-15,23-13(15,3)4)8-17-12-19-9(2)18-11(16)20-12/h5-8H2,1-4H3,(H3,16,17,18,19,20). The van der Waals surface area contributed by atoms with E-state index in [-0.39, 0.29) is 11.9 Å². The maximum absolute atomic E-state index is 12.4. The molecule has 1 saturated carbocycles. The largest absolute Gasteiger partial charge is 0.465 e. The van der Waals surface area contributed by atoms with Gasteiger partial charge < -0.3 is 20.5 Å². The van der Waals surface area contributed by atoms with Crippen molar-refractivity contribution in [3.8, 4) is 0 Å². The summed E-state index contributed by atoms with van der Waals surface area (Å²) in [4.78, 5) is 24.6. The molecule has 0 radical (unpaired) electrons. The average molecular weight is 321 g/mol. The van der Waals surface area contributed by atoms with Crippen molar-refractivity contribution < 1.29 is 14.3 Å². The zero-order valence-electron chi connectivity index (χ0n) is 14.0. The van der Waals surface area contributed by atoms with E-state index >= 15 is 0 Å². The lowest BCUT2D eigenvalue weighted by Gasteiger charge is -2.44. The van der Waals surface area contributed by atoms with E-state index in [9.17, 15) is 4.79 Å². The molecular weight excluding hydrogens is 298 g/mol. The Bertz CT molecular complexity index is 620. The van der Waals surface area contributed by atoms with Crippen LogP contribution in [-0.4, -0.2) is 45.3 Å².